The summed E-state index contributed by atoms with van der Waals surface area (Å²) in [4.78, 5) is 26.3. The van der Waals surface area contributed by atoms with E-state index in [4.69, 9.17) is 9.84 Å². The summed E-state index contributed by atoms with van der Waals surface area (Å²) in [6.45, 7) is 6.52. The molecule has 0 aliphatic carbocycles. The molecule has 122 valence electrons. The van der Waals surface area contributed by atoms with Crippen molar-refractivity contribution in [3.63, 3.8) is 0 Å². The first-order chi connectivity index (χ1) is 10.6. The van der Waals surface area contributed by atoms with Crippen molar-refractivity contribution in [1.82, 2.24) is 9.80 Å². The largest absolute Gasteiger partial charge is 0.480 e. The van der Waals surface area contributed by atoms with Crippen LogP contribution in [0.1, 0.15) is 19.4 Å². The minimum Gasteiger partial charge on any atom is -0.480 e. The smallest absolute Gasteiger partial charge is 0.410 e. The summed E-state index contributed by atoms with van der Waals surface area (Å²) in [5, 5.41) is 8.93. The van der Waals surface area contributed by atoms with Crippen LogP contribution in [0, 0.1) is 0 Å². The molecule has 0 aromatic heterocycles. The normalized spacial score (nSPS) is 10.5. The average Bonchev–Trinajstić information content (AvgIpc) is 2.53. The zero-order valence-corrected chi connectivity index (χ0v) is 13.2. The highest BCUT2D eigenvalue weighted by molar-refractivity contribution is 5.76. The summed E-state index contributed by atoms with van der Waals surface area (Å²) in [6, 6.07) is 9.30. The SMILES string of the molecule is CCN(CC)CCN(CC(=O)O)C(=O)OCc1ccccc1. The van der Waals surface area contributed by atoms with Crippen molar-refractivity contribution in [2.45, 2.75) is 20.5 Å². The lowest BCUT2D eigenvalue weighted by Gasteiger charge is -2.24. The second-order valence-corrected chi connectivity index (χ2v) is 4.88. The molecule has 0 unspecified atom stereocenters. The minimum absolute atomic E-state index is 0.140. The van der Waals surface area contributed by atoms with Crippen LogP contribution < -0.4 is 0 Å². The Morgan fingerprint density at radius 1 is 1.09 bits per heavy atom. The van der Waals surface area contributed by atoms with Crippen molar-refractivity contribution in [1.29, 1.82) is 0 Å². The van der Waals surface area contributed by atoms with Crippen LogP contribution in [0.4, 0.5) is 4.79 Å². The second kappa shape index (κ2) is 9.78. The molecule has 0 heterocycles. The highest BCUT2D eigenvalue weighted by Gasteiger charge is 2.18. The second-order valence-electron chi connectivity index (χ2n) is 4.88. The fourth-order valence-corrected chi connectivity index (χ4v) is 2.01. The zero-order valence-electron chi connectivity index (χ0n) is 13.2. The third-order valence-electron chi connectivity index (χ3n) is 3.37. The number of nitrogens with zero attached hydrogens (tertiary/aromatic N) is 2. The number of hydrogen-bond donors (Lipinski definition) is 1. The molecule has 0 bridgehead atoms. The Hall–Kier alpha value is -2.08. The maximum absolute atomic E-state index is 12.1. The van der Waals surface area contributed by atoms with Crippen molar-refractivity contribution in [2.75, 3.05) is 32.7 Å². The van der Waals surface area contributed by atoms with Crippen LogP contribution >= 0.6 is 0 Å². The van der Waals surface area contributed by atoms with Gasteiger partial charge in [-0.3, -0.25) is 9.69 Å². The number of carboxylic acids is 1. The maximum atomic E-state index is 12.1. The molecule has 1 N–H and O–H groups in total. The van der Waals surface area contributed by atoms with Gasteiger partial charge < -0.3 is 14.7 Å². The topological polar surface area (TPSA) is 70.1 Å². The van der Waals surface area contributed by atoms with Crippen LogP contribution in [0.25, 0.3) is 0 Å². The van der Waals surface area contributed by atoms with Gasteiger partial charge in [-0.05, 0) is 18.7 Å². The fourth-order valence-electron chi connectivity index (χ4n) is 2.01. The van der Waals surface area contributed by atoms with E-state index in [0.29, 0.717) is 13.1 Å². The van der Waals surface area contributed by atoms with Gasteiger partial charge in [0.2, 0.25) is 0 Å². The third-order valence-corrected chi connectivity index (χ3v) is 3.37. The first kappa shape index (κ1) is 18.0. The van der Waals surface area contributed by atoms with E-state index in [-0.39, 0.29) is 13.2 Å². The van der Waals surface area contributed by atoms with Gasteiger partial charge in [0.25, 0.3) is 0 Å². The number of aliphatic carboxylic acids is 1. The van der Waals surface area contributed by atoms with Crippen molar-refractivity contribution >= 4 is 12.1 Å². The summed E-state index contributed by atoms with van der Waals surface area (Å²) < 4.78 is 5.20. The molecule has 1 aromatic carbocycles. The van der Waals surface area contributed by atoms with E-state index in [1.165, 1.54) is 4.90 Å². The number of benzene rings is 1. The predicted molar refractivity (Wildman–Crippen MR) is 83.6 cm³/mol. The van der Waals surface area contributed by atoms with E-state index in [9.17, 15) is 9.59 Å². The predicted octanol–water partition coefficient (Wildman–Crippen LogP) is 2.05. The molecular weight excluding hydrogens is 284 g/mol. The lowest BCUT2D eigenvalue weighted by molar-refractivity contribution is -0.138. The molecule has 0 saturated carbocycles. The summed E-state index contributed by atoms with van der Waals surface area (Å²) in [5.74, 6) is -1.05. The van der Waals surface area contributed by atoms with Gasteiger partial charge in [0, 0.05) is 13.1 Å². The maximum Gasteiger partial charge on any atom is 0.410 e. The highest BCUT2D eigenvalue weighted by Crippen LogP contribution is 2.04. The first-order valence-corrected chi connectivity index (χ1v) is 7.46. The van der Waals surface area contributed by atoms with Gasteiger partial charge in [-0.15, -0.1) is 0 Å². The molecule has 0 atom stereocenters. The molecule has 0 spiro atoms. The van der Waals surface area contributed by atoms with E-state index in [1.807, 2.05) is 44.2 Å². The van der Waals surface area contributed by atoms with Crippen LogP contribution in [-0.2, 0) is 16.1 Å². The number of likely N-dealkylation sites (N-methyl/N-ethyl adjacent to an activating group) is 1. The highest BCUT2D eigenvalue weighted by atomic mass is 16.6. The molecule has 0 saturated heterocycles. The average molecular weight is 308 g/mol. The number of carboxylic acid groups (broad SMARTS) is 1. The molecule has 0 radical (unpaired) electrons. The summed E-state index contributed by atoms with van der Waals surface area (Å²) in [7, 11) is 0. The van der Waals surface area contributed by atoms with Gasteiger partial charge in [0.1, 0.15) is 13.2 Å². The first-order valence-electron chi connectivity index (χ1n) is 7.46. The molecule has 1 aromatic rings. The van der Waals surface area contributed by atoms with Crippen LogP contribution in [0.3, 0.4) is 0 Å². The molecule has 6 nitrogen and oxygen atoms in total. The molecule has 6 heteroatoms. The standard InChI is InChI=1S/C16H24N2O4/c1-3-17(4-2)10-11-18(12-15(19)20)16(21)22-13-14-8-6-5-7-9-14/h5-9H,3-4,10-13H2,1-2H3,(H,19,20). The van der Waals surface area contributed by atoms with Gasteiger partial charge >= 0.3 is 12.1 Å². The number of carbonyl (C=O) groups is 2. The Kier molecular flexibility index (Phi) is 7.99. The number of carbonyl (C=O) groups excluding carboxylic acids is 1. The molecule has 0 aliphatic rings. The monoisotopic (exact) mass is 308 g/mol. The number of rotatable bonds is 9. The minimum atomic E-state index is -1.05. The quantitative estimate of drug-likeness (QED) is 0.756. The fraction of sp³-hybridized carbons (Fsp3) is 0.500. The zero-order chi connectivity index (χ0) is 16.4. The molecule has 1 amide bonds. The lowest BCUT2D eigenvalue weighted by Crippen LogP contribution is -2.41. The van der Waals surface area contributed by atoms with Crippen molar-refractivity contribution in [3.8, 4) is 0 Å². The van der Waals surface area contributed by atoms with Gasteiger partial charge in [-0.1, -0.05) is 44.2 Å². The van der Waals surface area contributed by atoms with Gasteiger partial charge in [0.05, 0.1) is 0 Å². The van der Waals surface area contributed by atoms with Crippen LogP contribution in [0.15, 0.2) is 30.3 Å². The Morgan fingerprint density at radius 2 is 1.73 bits per heavy atom. The third kappa shape index (κ3) is 6.58. The van der Waals surface area contributed by atoms with Crippen molar-refractivity contribution in [2.24, 2.45) is 0 Å². The molecular formula is C16H24N2O4. The number of amides is 1. The Morgan fingerprint density at radius 3 is 2.27 bits per heavy atom. The Bertz CT molecular complexity index is 460. The lowest BCUT2D eigenvalue weighted by atomic mass is 10.2. The Labute approximate surface area is 131 Å². The van der Waals surface area contributed by atoms with E-state index < -0.39 is 12.1 Å². The van der Waals surface area contributed by atoms with Crippen molar-refractivity contribution in [3.05, 3.63) is 35.9 Å². The summed E-state index contributed by atoms with van der Waals surface area (Å²) in [6.07, 6.45) is -0.599. The van der Waals surface area contributed by atoms with Gasteiger partial charge in [-0.25, -0.2) is 4.79 Å². The summed E-state index contributed by atoms with van der Waals surface area (Å²) >= 11 is 0. The van der Waals surface area contributed by atoms with Crippen LogP contribution in [0.2, 0.25) is 0 Å². The molecule has 0 fully saturated rings. The van der Waals surface area contributed by atoms with Gasteiger partial charge in [0.15, 0.2) is 0 Å². The van der Waals surface area contributed by atoms with Crippen LogP contribution in [-0.4, -0.2) is 59.7 Å². The van der Waals surface area contributed by atoms with Crippen LogP contribution in [0.5, 0.6) is 0 Å². The van der Waals surface area contributed by atoms with Crippen molar-refractivity contribution < 1.29 is 19.4 Å². The molecule has 22 heavy (non-hydrogen) atoms. The van der Waals surface area contributed by atoms with E-state index in [0.717, 1.165) is 18.7 Å². The van der Waals surface area contributed by atoms with E-state index >= 15 is 0 Å². The molecule has 1 rings (SSSR count). The number of ether oxygens (including phenoxy) is 1. The number of hydrogen-bond acceptors (Lipinski definition) is 4. The Balaban J connectivity index is 2.54. The summed E-state index contributed by atoms with van der Waals surface area (Å²) in [5.41, 5.74) is 0.870. The molecule has 0 aliphatic heterocycles. The van der Waals surface area contributed by atoms with E-state index in [1.54, 1.807) is 0 Å². The van der Waals surface area contributed by atoms with E-state index in [2.05, 4.69) is 4.90 Å². The van der Waals surface area contributed by atoms with Gasteiger partial charge in [-0.2, -0.15) is 0 Å².